The number of carboxylic acid groups (broad SMARTS) is 1. The Hall–Kier alpha value is -2.09. The van der Waals surface area contributed by atoms with Crippen LogP contribution in [-0.2, 0) is 6.42 Å². The minimum absolute atomic E-state index is 0.0405. The third-order valence-corrected chi connectivity index (χ3v) is 1.82. The molecule has 4 nitrogen and oxygen atoms in total. The van der Waals surface area contributed by atoms with Gasteiger partial charge in [0.25, 0.3) is 0 Å². The number of methoxy groups -OCH3 is 1. The van der Waals surface area contributed by atoms with Crippen LogP contribution in [0.15, 0.2) is 12.1 Å². The van der Waals surface area contributed by atoms with E-state index in [-0.39, 0.29) is 17.7 Å². The van der Waals surface area contributed by atoms with Gasteiger partial charge in [-0.25, -0.2) is 9.18 Å². The zero-order valence-electron chi connectivity index (χ0n) is 7.95. The molecule has 0 radical (unpaired) electrons. The van der Waals surface area contributed by atoms with Crippen LogP contribution in [0, 0.1) is 17.1 Å². The van der Waals surface area contributed by atoms with E-state index in [1.807, 2.05) is 6.07 Å². The first-order chi connectivity index (χ1) is 7.10. The summed E-state index contributed by atoms with van der Waals surface area (Å²) >= 11 is 0. The first-order valence-corrected chi connectivity index (χ1v) is 4.06. The van der Waals surface area contributed by atoms with Gasteiger partial charge in [0, 0.05) is 0 Å². The SMILES string of the molecule is COc1c(F)cc(CC#N)cc1C(=O)O. The molecule has 0 aromatic heterocycles. The van der Waals surface area contributed by atoms with Gasteiger partial charge in [0.1, 0.15) is 5.56 Å². The monoisotopic (exact) mass is 209 g/mol. The number of nitriles is 1. The van der Waals surface area contributed by atoms with Crippen molar-refractivity contribution in [1.82, 2.24) is 0 Å². The average molecular weight is 209 g/mol. The zero-order valence-corrected chi connectivity index (χ0v) is 7.95. The van der Waals surface area contributed by atoms with Crippen LogP contribution in [0.5, 0.6) is 5.75 Å². The number of benzene rings is 1. The molecule has 78 valence electrons. The van der Waals surface area contributed by atoms with Crippen molar-refractivity contribution < 1.29 is 19.0 Å². The molecule has 0 unspecified atom stereocenters. The Bertz CT molecular complexity index is 437. The van der Waals surface area contributed by atoms with Crippen LogP contribution in [0.25, 0.3) is 0 Å². The Morgan fingerprint density at radius 1 is 1.67 bits per heavy atom. The Labute approximate surface area is 85.5 Å². The largest absolute Gasteiger partial charge is 0.493 e. The molecule has 1 aromatic carbocycles. The van der Waals surface area contributed by atoms with Crippen LogP contribution in [0.3, 0.4) is 0 Å². The molecule has 1 rings (SSSR count). The third-order valence-electron chi connectivity index (χ3n) is 1.82. The fraction of sp³-hybridized carbons (Fsp3) is 0.200. The normalized spacial score (nSPS) is 9.40. The fourth-order valence-corrected chi connectivity index (χ4v) is 1.21. The maximum absolute atomic E-state index is 13.3. The molecule has 1 aromatic rings. The van der Waals surface area contributed by atoms with Crippen LogP contribution in [-0.4, -0.2) is 18.2 Å². The lowest BCUT2D eigenvalue weighted by atomic mass is 10.1. The Morgan fingerprint density at radius 3 is 2.80 bits per heavy atom. The van der Waals surface area contributed by atoms with Gasteiger partial charge in [-0.2, -0.15) is 5.26 Å². The summed E-state index contributed by atoms with van der Waals surface area (Å²) in [7, 11) is 1.19. The number of nitrogens with zero attached hydrogens (tertiary/aromatic N) is 1. The summed E-state index contributed by atoms with van der Waals surface area (Å²) in [5.41, 5.74) is 0.0379. The van der Waals surface area contributed by atoms with Crippen molar-refractivity contribution >= 4 is 5.97 Å². The lowest BCUT2D eigenvalue weighted by Gasteiger charge is -2.07. The summed E-state index contributed by atoms with van der Waals surface area (Å²) in [6, 6.07) is 4.14. The van der Waals surface area contributed by atoms with Crippen molar-refractivity contribution in [2.75, 3.05) is 7.11 Å². The van der Waals surface area contributed by atoms with E-state index in [1.165, 1.54) is 13.2 Å². The molecule has 0 aliphatic heterocycles. The number of aromatic carboxylic acids is 1. The second-order valence-corrected chi connectivity index (χ2v) is 2.80. The summed E-state index contributed by atoms with van der Waals surface area (Å²) in [6.45, 7) is 0. The van der Waals surface area contributed by atoms with E-state index in [0.717, 1.165) is 6.07 Å². The van der Waals surface area contributed by atoms with Gasteiger partial charge in [-0.15, -0.1) is 0 Å². The van der Waals surface area contributed by atoms with E-state index in [1.54, 1.807) is 0 Å². The molecule has 0 saturated heterocycles. The second-order valence-electron chi connectivity index (χ2n) is 2.80. The van der Waals surface area contributed by atoms with Crippen LogP contribution >= 0.6 is 0 Å². The number of ether oxygens (including phenoxy) is 1. The Morgan fingerprint density at radius 2 is 2.33 bits per heavy atom. The minimum Gasteiger partial charge on any atom is -0.493 e. The molecule has 1 N–H and O–H groups in total. The molecule has 0 aliphatic carbocycles. The summed E-state index contributed by atoms with van der Waals surface area (Å²) in [5.74, 6) is -2.38. The standard InChI is InChI=1S/C10H8FNO3/c1-15-9-7(10(13)14)4-6(2-3-12)5-8(9)11/h4-5H,2H2,1H3,(H,13,14). The van der Waals surface area contributed by atoms with Crippen molar-refractivity contribution in [2.45, 2.75) is 6.42 Å². The van der Waals surface area contributed by atoms with Crippen molar-refractivity contribution in [3.63, 3.8) is 0 Å². The van der Waals surface area contributed by atoms with Gasteiger partial charge in [-0.05, 0) is 17.7 Å². The molecular weight excluding hydrogens is 201 g/mol. The third kappa shape index (κ3) is 2.23. The van der Waals surface area contributed by atoms with E-state index in [0.29, 0.717) is 5.56 Å². The van der Waals surface area contributed by atoms with Crippen LogP contribution in [0.2, 0.25) is 0 Å². The van der Waals surface area contributed by atoms with Gasteiger partial charge < -0.3 is 9.84 Å². The quantitative estimate of drug-likeness (QED) is 0.820. The minimum atomic E-state index is -1.29. The molecule has 5 heteroatoms. The van der Waals surface area contributed by atoms with Gasteiger partial charge >= 0.3 is 5.97 Å². The summed E-state index contributed by atoms with van der Waals surface area (Å²) in [5, 5.41) is 17.2. The van der Waals surface area contributed by atoms with Gasteiger partial charge in [-0.1, -0.05) is 0 Å². The average Bonchev–Trinajstić information content (AvgIpc) is 2.17. The maximum Gasteiger partial charge on any atom is 0.339 e. The first kappa shape index (κ1) is 11.0. The molecule has 0 bridgehead atoms. The molecule has 0 fully saturated rings. The van der Waals surface area contributed by atoms with Crippen LogP contribution < -0.4 is 4.74 Å². The molecule has 0 heterocycles. The molecule has 0 saturated carbocycles. The molecule has 0 aliphatic rings. The number of carboxylic acids is 1. The fourth-order valence-electron chi connectivity index (χ4n) is 1.21. The highest BCUT2D eigenvalue weighted by molar-refractivity contribution is 5.91. The topological polar surface area (TPSA) is 70.3 Å². The van der Waals surface area contributed by atoms with Crippen molar-refractivity contribution in [3.05, 3.63) is 29.1 Å². The highest BCUT2D eigenvalue weighted by Crippen LogP contribution is 2.24. The Balaban J connectivity index is 3.33. The van der Waals surface area contributed by atoms with Crippen molar-refractivity contribution in [1.29, 1.82) is 5.26 Å². The number of hydrogen-bond donors (Lipinski definition) is 1. The molecule has 0 amide bonds. The second kappa shape index (κ2) is 4.42. The zero-order chi connectivity index (χ0) is 11.4. The summed E-state index contributed by atoms with van der Waals surface area (Å²) in [6.07, 6.45) is -0.0405. The van der Waals surface area contributed by atoms with Crippen molar-refractivity contribution in [3.8, 4) is 11.8 Å². The van der Waals surface area contributed by atoms with E-state index >= 15 is 0 Å². The smallest absolute Gasteiger partial charge is 0.339 e. The highest BCUT2D eigenvalue weighted by atomic mass is 19.1. The first-order valence-electron chi connectivity index (χ1n) is 4.06. The summed E-state index contributed by atoms with van der Waals surface area (Å²) < 4.78 is 17.9. The lowest BCUT2D eigenvalue weighted by molar-refractivity contribution is 0.0692. The maximum atomic E-state index is 13.3. The van der Waals surface area contributed by atoms with Crippen LogP contribution in [0.4, 0.5) is 4.39 Å². The lowest BCUT2D eigenvalue weighted by Crippen LogP contribution is -2.04. The predicted molar refractivity (Wildman–Crippen MR) is 49.2 cm³/mol. The number of hydrogen-bond acceptors (Lipinski definition) is 3. The number of carbonyl (C=O) groups is 1. The van der Waals surface area contributed by atoms with Gasteiger partial charge in [0.2, 0.25) is 0 Å². The van der Waals surface area contributed by atoms with Gasteiger partial charge in [0.05, 0.1) is 19.6 Å². The molecular formula is C10H8FNO3. The van der Waals surface area contributed by atoms with Gasteiger partial charge in [0.15, 0.2) is 11.6 Å². The molecule has 0 spiro atoms. The van der Waals surface area contributed by atoms with E-state index in [9.17, 15) is 9.18 Å². The van der Waals surface area contributed by atoms with E-state index in [4.69, 9.17) is 10.4 Å². The number of rotatable bonds is 3. The van der Waals surface area contributed by atoms with Crippen LogP contribution in [0.1, 0.15) is 15.9 Å². The number of halogens is 1. The summed E-state index contributed by atoms with van der Waals surface area (Å²) in [4.78, 5) is 10.8. The van der Waals surface area contributed by atoms with E-state index < -0.39 is 11.8 Å². The Kier molecular flexibility index (Phi) is 3.24. The van der Waals surface area contributed by atoms with Crippen molar-refractivity contribution in [2.24, 2.45) is 0 Å². The highest BCUT2D eigenvalue weighted by Gasteiger charge is 2.16. The molecule has 15 heavy (non-hydrogen) atoms. The van der Waals surface area contributed by atoms with Gasteiger partial charge in [-0.3, -0.25) is 0 Å². The predicted octanol–water partition coefficient (Wildman–Crippen LogP) is 1.60. The molecule has 0 atom stereocenters. The van der Waals surface area contributed by atoms with E-state index in [2.05, 4.69) is 4.74 Å².